The normalized spacial score (nSPS) is 26.2. The summed E-state index contributed by atoms with van der Waals surface area (Å²) >= 11 is 0. The van der Waals surface area contributed by atoms with Crippen LogP contribution in [0.4, 0.5) is 5.69 Å². The van der Waals surface area contributed by atoms with Gasteiger partial charge in [-0.1, -0.05) is 0 Å². The molecule has 2 N–H and O–H groups in total. The highest BCUT2D eigenvalue weighted by atomic mass is 16.5. The SMILES string of the molecule is COc1ccc(N=C2CNCC3=NC(C(=O)O)COC23)cc1. The van der Waals surface area contributed by atoms with Crippen molar-refractivity contribution in [3.05, 3.63) is 24.3 Å². The van der Waals surface area contributed by atoms with Gasteiger partial charge in [0.25, 0.3) is 0 Å². The minimum absolute atomic E-state index is 0.0745. The van der Waals surface area contributed by atoms with Crippen molar-refractivity contribution in [1.29, 1.82) is 0 Å². The molecule has 0 bridgehead atoms. The number of nitrogens with zero attached hydrogens (tertiary/aromatic N) is 2. The summed E-state index contributed by atoms with van der Waals surface area (Å²) < 4.78 is 10.8. The van der Waals surface area contributed by atoms with Crippen molar-refractivity contribution in [2.75, 3.05) is 26.8 Å². The maximum absolute atomic E-state index is 11.0. The summed E-state index contributed by atoms with van der Waals surface area (Å²) in [5.74, 6) is -0.198. The molecule has 0 spiro atoms. The van der Waals surface area contributed by atoms with Gasteiger partial charge in [0.05, 0.1) is 30.8 Å². The summed E-state index contributed by atoms with van der Waals surface area (Å²) in [6, 6.07) is 6.58. The van der Waals surface area contributed by atoms with E-state index in [1.165, 1.54) is 0 Å². The van der Waals surface area contributed by atoms with Crippen molar-refractivity contribution in [2.45, 2.75) is 12.1 Å². The molecular weight excluding hydrogens is 286 g/mol. The minimum Gasteiger partial charge on any atom is -0.497 e. The van der Waals surface area contributed by atoms with E-state index in [1.807, 2.05) is 24.3 Å². The largest absolute Gasteiger partial charge is 0.497 e. The third-order valence-corrected chi connectivity index (χ3v) is 3.59. The van der Waals surface area contributed by atoms with Crippen LogP contribution in [0.1, 0.15) is 0 Å². The number of nitrogens with one attached hydrogen (secondary N) is 1. The lowest BCUT2D eigenvalue weighted by molar-refractivity contribution is -0.140. The second-order valence-electron chi connectivity index (χ2n) is 5.09. The molecule has 0 amide bonds. The molecule has 3 rings (SSSR count). The van der Waals surface area contributed by atoms with Crippen LogP contribution >= 0.6 is 0 Å². The number of benzene rings is 1. The zero-order valence-electron chi connectivity index (χ0n) is 12.2. The van der Waals surface area contributed by atoms with Crippen LogP contribution in [-0.4, -0.2) is 61.5 Å². The van der Waals surface area contributed by atoms with Crippen LogP contribution in [0.5, 0.6) is 5.75 Å². The van der Waals surface area contributed by atoms with Crippen LogP contribution in [0, 0.1) is 0 Å². The molecule has 1 saturated heterocycles. The number of ether oxygens (including phenoxy) is 2. The first kappa shape index (κ1) is 14.7. The van der Waals surface area contributed by atoms with Crippen molar-refractivity contribution < 1.29 is 19.4 Å². The Morgan fingerprint density at radius 3 is 2.86 bits per heavy atom. The number of aliphatic carboxylic acids is 1. The molecule has 7 heteroatoms. The first-order valence-electron chi connectivity index (χ1n) is 7.00. The first-order valence-corrected chi connectivity index (χ1v) is 7.00. The maximum atomic E-state index is 11.0. The summed E-state index contributed by atoms with van der Waals surface area (Å²) in [5.41, 5.74) is 2.29. The summed E-state index contributed by atoms with van der Waals surface area (Å²) in [6.45, 7) is 1.19. The molecule has 2 heterocycles. The second-order valence-corrected chi connectivity index (χ2v) is 5.09. The zero-order valence-corrected chi connectivity index (χ0v) is 12.2. The van der Waals surface area contributed by atoms with Crippen molar-refractivity contribution >= 4 is 23.1 Å². The van der Waals surface area contributed by atoms with E-state index in [2.05, 4.69) is 15.3 Å². The van der Waals surface area contributed by atoms with Crippen molar-refractivity contribution in [2.24, 2.45) is 9.98 Å². The Morgan fingerprint density at radius 2 is 2.18 bits per heavy atom. The van der Waals surface area contributed by atoms with Gasteiger partial charge in [-0.25, -0.2) is 4.79 Å². The lowest BCUT2D eigenvalue weighted by Gasteiger charge is -2.31. The fourth-order valence-corrected chi connectivity index (χ4v) is 2.47. The second kappa shape index (κ2) is 6.25. The van der Waals surface area contributed by atoms with Crippen molar-refractivity contribution in [1.82, 2.24) is 5.32 Å². The van der Waals surface area contributed by atoms with Gasteiger partial charge in [0.2, 0.25) is 0 Å². The molecular formula is C15H17N3O4. The van der Waals surface area contributed by atoms with Crippen molar-refractivity contribution in [3.63, 3.8) is 0 Å². The molecule has 22 heavy (non-hydrogen) atoms. The van der Waals surface area contributed by atoms with Crippen LogP contribution in [0.25, 0.3) is 0 Å². The lowest BCUT2D eigenvalue weighted by atomic mass is 10.0. The van der Waals surface area contributed by atoms with E-state index in [4.69, 9.17) is 14.6 Å². The number of rotatable bonds is 3. The average molecular weight is 303 g/mol. The number of hydrogen-bond donors (Lipinski definition) is 2. The van der Waals surface area contributed by atoms with E-state index in [0.29, 0.717) is 18.8 Å². The average Bonchev–Trinajstić information content (AvgIpc) is 2.55. The molecule has 1 aromatic carbocycles. The van der Waals surface area contributed by atoms with Gasteiger partial charge in [-0.15, -0.1) is 0 Å². The Labute approximate surface area is 127 Å². The molecule has 2 aliphatic rings. The van der Waals surface area contributed by atoms with Gasteiger partial charge >= 0.3 is 5.97 Å². The Morgan fingerprint density at radius 1 is 1.41 bits per heavy atom. The van der Waals surface area contributed by atoms with Crippen LogP contribution in [0.2, 0.25) is 0 Å². The van der Waals surface area contributed by atoms with Crippen LogP contribution in [0.3, 0.4) is 0 Å². The van der Waals surface area contributed by atoms with Crippen LogP contribution in [0.15, 0.2) is 34.3 Å². The smallest absolute Gasteiger partial charge is 0.330 e. The predicted molar refractivity (Wildman–Crippen MR) is 81.6 cm³/mol. The fourth-order valence-electron chi connectivity index (χ4n) is 2.47. The molecule has 0 aliphatic carbocycles. The monoisotopic (exact) mass is 303 g/mol. The van der Waals surface area contributed by atoms with Gasteiger partial charge in [0.15, 0.2) is 6.04 Å². The number of fused-ring (bicyclic) bond motifs is 1. The quantitative estimate of drug-likeness (QED) is 0.856. The zero-order chi connectivity index (χ0) is 15.5. The number of hydrogen-bond acceptors (Lipinski definition) is 6. The van der Waals surface area contributed by atoms with E-state index in [0.717, 1.165) is 17.1 Å². The highest BCUT2D eigenvalue weighted by Crippen LogP contribution is 2.20. The molecule has 116 valence electrons. The van der Waals surface area contributed by atoms with Gasteiger partial charge in [-0.05, 0) is 24.3 Å². The predicted octanol–water partition coefficient (Wildman–Crippen LogP) is 0.664. The van der Waals surface area contributed by atoms with Gasteiger partial charge in [-0.3, -0.25) is 9.98 Å². The molecule has 0 saturated carbocycles. The Bertz CT molecular complexity index is 624. The molecule has 2 aliphatic heterocycles. The van der Waals surface area contributed by atoms with Crippen LogP contribution in [-0.2, 0) is 9.53 Å². The number of aliphatic imine (C=N–C) groups is 2. The highest BCUT2D eigenvalue weighted by Gasteiger charge is 2.34. The molecule has 2 atom stereocenters. The Balaban J connectivity index is 1.83. The Kier molecular flexibility index (Phi) is 4.17. The lowest BCUT2D eigenvalue weighted by Crippen LogP contribution is -2.53. The maximum Gasteiger partial charge on any atom is 0.330 e. The molecule has 7 nitrogen and oxygen atoms in total. The molecule has 2 unspecified atom stereocenters. The van der Waals surface area contributed by atoms with E-state index in [1.54, 1.807) is 7.11 Å². The third-order valence-electron chi connectivity index (χ3n) is 3.59. The number of carbonyl (C=O) groups is 1. The fraction of sp³-hybridized carbons (Fsp3) is 0.400. The molecule has 0 radical (unpaired) electrons. The number of carboxylic acids is 1. The molecule has 1 aromatic rings. The van der Waals surface area contributed by atoms with E-state index in [-0.39, 0.29) is 12.7 Å². The topological polar surface area (TPSA) is 92.5 Å². The first-order chi connectivity index (χ1) is 10.7. The summed E-state index contributed by atoms with van der Waals surface area (Å²) in [7, 11) is 1.61. The number of methoxy groups -OCH3 is 1. The highest BCUT2D eigenvalue weighted by molar-refractivity contribution is 6.15. The Hall–Kier alpha value is -2.25. The van der Waals surface area contributed by atoms with E-state index in [9.17, 15) is 4.79 Å². The summed E-state index contributed by atoms with van der Waals surface area (Å²) in [4.78, 5) is 19.9. The van der Waals surface area contributed by atoms with Gasteiger partial charge in [0.1, 0.15) is 11.9 Å². The van der Waals surface area contributed by atoms with E-state index < -0.39 is 12.0 Å². The minimum atomic E-state index is -0.967. The number of carboxylic acid groups (broad SMARTS) is 1. The van der Waals surface area contributed by atoms with Gasteiger partial charge in [0, 0.05) is 13.1 Å². The summed E-state index contributed by atoms with van der Waals surface area (Å²) in [6.07, 6.45) is -0.334. The summed E-state index contributed by atoms with van der Waals surface area (Å²) in [5, 5.41) is 12.2. The van der Waals surface area contributed by atoms with Crippen molar-refractivity contribution in [3.8, 4) is 5.75 Å². The number of piperidine rings is 1. The van der Waals surface area contributed by atoms with Gasteiger partial charge in [-0.2, -0.15) is 0 Å². The van der Waals surface area contributed by atoms with Gasteiger partial charge < -0.3 is 19.9 Å². The molecule has 1 fully saturated rings. The van der Waals surface area contributed by atoms with E-state index >= 15 is 0 Å². The third kappa shape index (κ3) is 3.00. The molecule has 0 aromatic heterocycles. The van der Waals surface area contributed by atoms with Crippen LogP contribution < -0.4 is 10.1 Å². The standard InChI is InChI=1S/C15H17N3O4/c1-21-10-4-2-9(3-5-10)17-11-6-16-7-12-14(11)22-8-13(18-12)15(19)20/h2-5,13-14,16H,6-8H2,1H3,(H,19,20).